The first-order valence-electron chi connectivity index (χ1n) is 5.70. The summed E-state index contributed by atoms with van der Waals surface area (Å²) in [6, 6.07) is 0. The lowest BCUT2D eigenvalue weighted by molar-refractivity contribution is 0.137. The second-order valence-corrected chi connectivity index (χ2v) is 4.28. The van der Waals surface area contributed by atoms with E-state index in [0.717, 1.165) is 31.5 Å². The van der Waals surface area contributed by atoms with Crippen LogP contribution in [0.1, 0.15) is 13.8 Å². The minimum absolute atomic E-state index is 0.826. The van der Waals surface area contributed by atoms with Gasteiger partial charge in [-0.1, -0.05) is 13.8 Å². The Hall–Kier alpha value is -0.120. The van der Waals surface area contributed by atoms with Gasteiger partial charge in [0.2, 0.25) is 0 Å². The predicted octanol–water partition coefficient (Wildman–Crippen LogP) is 0.810. The van der Waals surface area contributed by atoms with Crippen molar-refractivity contribution in [2.24, 2.45) is 11.8 Å². The van der Waals surface area contributed by atoms with Crippen LogP contribution in [0.5, 0.6) is 0 Å². The van der Waals surface area contributed by atoms with Gasteiger partial charge >= 0.3 is 0 Å². The molecule has 2 unspecified atom stereocenters. The standard InChI is InChI=1S/C11H24N2O/c1-4-13(5-6-14-3)9-11-8-12-7-10(11)2/h10-12H,4-9H2,1-3H3. The fraction of sp³-hybridized carbons (Fsp3) is 1.00. The van der Waals surface area contributed by atoms with E-state index in [1.54, 1.807) is 7.11 Å². The van der Waals surface area contributed by atoms with Crippen LogP contribution < -0.4 is 5.32 Å². The molecule has 0 bridgehead atoms. The number of methoxy groups -OCH3 is 1. The summed E-state index contributed by atoms with van der Waals surface area (Å²) in [6.45, 7) is 11.2. The van der Waals surface area contributed by atoms with Crippen LogP contribution in [-0.2, 0) is 4.74 Å². The summed E-state index contributed by atoms with van der Waals surface area (Å²) in [4.78, 5) is 2.48. The first-order chi connectivity index (χ1) is 6.77. The second kappa shape index (κ2) is 6.38. The van der Waals surface area contributed by atoms with Crippen molar-refractivity contribution in [3.63, 3.8) is 0 Å². The Morgan fingerprint density at radius 3 is 2.71 bits per heavy atom. The zero-order chi connectivity index (χ0) is 10.4. The molecule has 0 aromatic carbocycles. The quantitative estimate of drug-likeness (QED) is 0.687. The molecule has 0 aliphatic carbocycles. The van der Waals surface area contributed by atoms with Crippen LogP contribution in [0, 0.1) is 11.8 Å². The maximum atomic E-state index is 5.11. The summed E-state index contributed by atoms with van der Waals surface area (Å²) in [5, 5.41) is 3.45. The molecule has 1 aliphatic heterocycles. The highest BCUT2D eigenvalue weighted by Gasteiger charge is 2.24. The lowest BCUT2D eigenvalue weighted by Gasteiger charge is -2.25. The number of nitrogens with one attached hydrogen (secondary N) is 1. The van der Waals surface area contributed by atoms with Crippen molar-refractivity contribution in [1.82, 2.24) is 10.2 Å². The number of ether oxygens (including phenoxy) is 1. The van der Waals surface area contributed by atoms with Crippen molar-refractivity contribution < 1.29 is 4.74 Å². The average molecular weight is 200 g/mol. The molecule has 0 radical (unpaired) electrons. The highest BCUT2D eigenvalue weighted by atomic mass is 16.5. The van der Waals surface area contributed by atoms with E-state index in [4.69, 9.17) is 4.74 Å². The van der Waals surface area contributed by atoms with E-state index < -0.39 is 0 Å². The maximum absolute atomic E-state index is 5.11. The minimum atomic E-state index is 0.826. The van der Waals surface area contributed by atoms with Crippen molar-refractivity contribution in [1.29, 1.82) is 0 Å². The van der Waals surface area contributed by atoms with E-state index in [-0.39, 0.29) is 0 Å². The number of nitrogens with zero attached hydrogens (tertiary/aromatic N) is 1. The summed E-state index contributed by atoms with van der Waals surface area (Å²) < 4.78 is 5.11. The largest absolute Gasteiger partial charge is 0.383 e. The molecular weight excluding hydrogens is 176 g/mol. The molecule has 1 saturated heterocycles. The Bertz CT molecular complexity index is 152. The second-order valence-electron chi connectivity index (χ2n) is 4.28. The molecule has 1 heterocycles. The van der Waals surface area contributed by atoms with Gasteiger partial charge in [0.15, 0.2) is 0 Å². The smallest absolute Gasteiger partial charge is 0.0589 e. The molecule has 0 spiro atoms. The van der Waals surface area contributed by atoms with Crippen LogP contribution in [0.25, 0.3) is 0 Å². The first-order valence-corrected chi connectivity index (χ1v) is 5.70. The zero-order valence-electron chi connectivity index (χ0n) is 9.75. The zero-order valence-corrected chi connectivity index (χ0v) is 9.75. The van der Waals surface area contributed by atoms with E-state index in [1.165, 1.54) is 19.6 Å². The van der Waals surface area contributed by atoms with Crippen molar-refractivity contribution in [2.75, 3.05) is 46.4 Å². The number of hydrogen-bond acceptors (Lipinski definition) is 3. The third kappa shape index (κ3) is 3.56. The number of hydrogen-bond donors (Lipinski definition) is 1. The maximum Gasteiger partial charge on any atom is 0.0589 e. The monoisotopic (exact) mass is 200 g/mol. The molecule has 1 N–H and O–H groups in total. The predicted molar refractivity (Wildman–Crippen MR) is 59.5 cm³/mol. The summed E-state index contributed by atoms with van der Waals surface area (Å²) in [6.07, 6.45) is 0. The van der Waals surface area contributed by atoms with Crippen molar-refractivity contribution in [3.8, 4) is 0 Å². The highest BCUT2D eigenvalue weighted by molar-refractivity contribution is 4.80. The Morgan fingerprint density at radius 1 is 1.43 bits per heavy atom. The molecular formula is C11H24N2O. The minimum Gasteiger partial charge on any atom is -0.383 e. The molecule has 1 fully saturated rings. The number of likely N-dealkylation sites (N-methyl/N-ethyl adjacent to an activating group) is 1. The van der Waals surface area contributed by atoms with E-state index >= 15 is 0 Å². The third-order valence-corrected chi connectivity index (χ3v) is 3.23. The third-order valence-electron chi connectivity index (χ3n) is 3.23. The Balaban J connectivity index is 2.24. The molecule has 2 atom stereocenters. The van der Waals surface area contributed by atoms with Gasteiger partial charge in [-0.3, -0.25) is 0 Å². The van der Waals surface area contributed by atoms with Gasteiger partial charge in [-0.25, -0.2) is 0 Å². The van der Waals surface area contributed by atoms with Crippen LogP contribution in [0.15, 0.2) is 0 Å². The van der Waals surface area contributed by atoms with Gasteiger partial charge in [0.25, 0.3) is 0 Å². The summed E-state index contributed by atoms with van der Waals surface area (Å²) in [5.41, 5.74) is 0. The summed E-state index contributed by atoms with van der Waals surface area (Å²) in [7, 11) is 1.77. The van der Waals surface area contributed by atoms with Crippen LogP contribution in [0.3, 0.4) is 0 Å². The Labute approximate surface area is 87.8 Å². The van der Waals surface area contributed by atoms with Gasteiger partial charge < -0.3 is 15.0 Å². The SMILES string of the molecule is CCN(CCOC)CC1CNCC1C. The number of rotatable bonds is 6. The van der Waals surface area contributed by atoms with Crippen molar-refractivity contribution in [3.05, 3.63) is 0 Å². The normalized spacial score (nSPS) is 27.4. The highest BCUT2D eigenvalue weighted by Crippen LogP contribution is 2.16. The molecule has 3 heteroatoms. The molecule has 1 aliphatic rings. The molecule has 0 aromatic heterocycles. The van der Waals surface area contributed by atoms with E-state index in [2.05, 4.69) is 24.1 Å². The van der Waals surface area contributed by atoms with E-state index in [0.29, 0.717) is 0 Å². The van der Waals surface area contributed by atoms with Gasteiger partial charge in [0, 0.05) is 20.2 Å². The van der Waals surface area contributed by atoms with Crippen molar-refractivity contribution >= 4 is 0 Å². The Kier molecular flexibility index (Phi) is 5.45. The van der Waals surface area contributed by atoms with Gasteiger partial charge in [-0.2, -0.15) is 0 Å². The molecule has 0 amide bonds. The summed E-state index contributed by atoms with van der Waals surface area (Å²) in [5.74, 6) is 1.65. The fourth-order valence-corrected chi connectivity index (χ4v) is 2.04. The van der Waals surface area contributed by atoms with Gasteiger partial charge in [-0.05, 0) is 31.5 Å². The van der Waals surface area contributed by atoms with Crippen LogP contribution in [-0.4, -0.2) is 51.3 Å². The molecule has 84 valence electrons. The molecule has 14 heavy (non-hydrogen) atoms. The van der Waals surface area contributed by atoms with Crippen LogP contribution in [0.2, 0.25) is 0 Å². The van der Waals surface area contributed by atoms with Crippen molar-refractivity contribution in [2.45, 2.75) is 13.8 Å². The van der Waals surface area contributed by atoms with Gasteiger partial charge in [-0.15, -0.1) is 0 Å². The fourth-order valence-electron chi connectivity index (χ4n) is 2.04. The molecule has 0 aromatic rings. The molecule has 3 nitrogen and oxygen atoms in total. The van der Waals surface area contributed by atoms with Gasteiger partial charge in [0.1, 0.15) is 0 Å². The summed E-state index contributed by atoms with van der Waals surface area (Å²) >= 11 is 0. The average Bonchev–Trinajstić information content (AvgIpc) is 2.59. The lowest BCUT2D eigenvalue weighted by Crippen LogP contribution is -2.34. The topological polar surface area (TPSA) is 24.5 Å². The lowest BCUT2D eigenvalue weighted by atomic mass is 9.97. The van der Waals surface area contributed by atoms with Crippen LogP contribution in [0.4, 0.5) is 0 Å². The first kappa shape index (κ1) is 12.0. The Morgan fingerprint density at radius 2 is 2.21 bits per heavy atom. The molecule has 0 saturated carbocycles. The van der Waals surface area contributed by atoms with E-state index in [1.807, 2.05) is 0 Å². The molecule has 1 rings (SSSR count). The van der Waals surface area contributed by atoms with E-state index in [9.17, 15) is 0 Å². The van der Waals surface area contributed by atoms with Crippen LogP contribution >= 0.6 is 0 Å². The van der Waals surface area contributed by atoms with Gasteiger partial charge in [0.05, 0.1) is 6.61 Å².